The second kappa shape index (κ2) is 10.3. The van der Waals surface area contributed by atoms with Gasteiger partial charge < -0.3 is 25.6 Å². The molecule has 10 heteroatoms. The second-order valence-corrected chi connectivity index (χ2v) is 9.50. The van der Waals surface area contributed by atoms with Crippen molar-refractivity contribution in [2.45, 2.75) is 51.2 Å². The number of fused-ring (bicyclic) bond motifs is 1. The van der Waals surface area contributed by atoms with E-state index in [1.165, 1.54) is 17.2 Å². The number of β-amino-alcohol motifs (C(OH)–C–C–N with tert-alkyl or cyclic N) is 1. The van der Waals surface area contributed by atoms with Crippen LogP contribution in [0.3, 0.4) is 0 Å². The number of halogens is 2. The summed E-state index contributed by atoms with van der Waals surface area (Å²) in [5.74, 6) is -1.06. The van der Waals surface area contributed by atoms with Crippen molar-refractivity contribution in [3.8, 4) is 11.3 Å². The molecule has 1 aromatic carbocycles. The average Bonchev–Trinajstić information content (AvgIpc) is 2.73. The monoisotopic (exact) mass is 480 g/mol. The van der Waals surface area contributed by atoms with Crippen LogP contribution in [0.5, 0.6) is 0 Å². The number of ether oxygens (including phenoxy) is 1. The normalized spacial score (nSPS) is 20.5. The van der Waals surface area contributed by atoms with Crippen molar-refractivity contribution in [2.75, 3.05) is 32.0 Å². The number of aliphatic hydroxyl groups is 2. The molecule has 8 nitrogen and oxygen atoms in total. The standard InChI is InChI=1S/C18H20ClFN4O2.C5H10O2/c1-9(25)7-24-8-18(2,3)11-4-10(5-13(20)14(11)16(24)26)15-12(19)6-22-17(21)23-15;6-5-2-1-3-7-4-5/h4-6,9,25H,7-8H2,1-3H3,(H2,21,22,23);5-6H,1-4H2. The Labute approximate surface area is 197 Å². The van der Waals surface area contributed by atoms with E-state index in [4.69, 9.17) is 27.2 Å². The first-order valence-corrected chi connectivity index (χ1v) is 11.2. The van der Waals surface area contributed by atoms with Crippen LogP contribution in [-0.4, -0.2) is 69.5 Å². The van der Waals surface area contributed by atoms with Crippen LogP contribution in [-0.2, 0) is 10.2 Å². The molecule has 2 atom stereocenters. The summed E-state index contributed by atoms with van der Waals surface area (Å²) in [7, 11) is 0. The van der Waals surface area contributed by atoms with Crippen LogP contribution in [0.2, 0.25) is 5.02 Å². The lowest BCUT2D eigenvalue weighted by atomic mass is 9.77. The van der Waals surface area contributed by atoms with Crippen LogP contribution in [0.15, 0.2) is 18.3 Å². The molecule has 0 bridgehead atoms. The van der Waals surface area contributed by atoms with Gasteiger partial charge >= 0.3 is 0 Å². The maximum absolute atomic E-state index is 14.9. The van der Waals surface area contributed by atoms with Crippen molar-refractivity contribution >= 4 is 23.5 Å². The molecule has 0 spiro atoms. The van der Waals surface area contributed by atoms with E-state index in [-0.39, 0.29) is 29.2 Å². The van der Waals surface area contributed by atoms with Crippen molar-refractivity contribution in [2.24, 2.45) is 0 Å². The number of hydrogen-bond donors (Lipinski definition) is 3. The Balaban J connectivity index is 0.000000374. The van der Waals surface area contributed by atoms with E-state index in [1.807, 2.05) is 13.8 Å². The van der Waals surface area contributed by atoms with E-state index >= 15 is 0 Å². The van der Waals surface area contributed by atoms with Gasteiger partial charge in [0.15, 0.2) is 0 Å². The summed E-state index contributed by atoms with van der Waals surface area (Å²) in [5, 5.41) is 18.7. The van der Waals surface area contributed by atoms with Gasteiger partial charge in [0.1, 0.15) is 5.82 Å². The number of aliphatic hydroxyl groups excluding tert-OH is 2. The molecule has 0 radical (unpaired) electrons. The Bertz CT molecular complexity index is 1010. The highest BCUT2D eigenvalue weighted by molar-refractivity contribution is 6.32. The van der Waals surface area contributed by atoms with Crippen molar-refractivity contribution < 1.29 is 24.1 Å². The first kappa shape index (κ1) is 25.3. The third kappa shape index (κ3) is 5.97. The second-order valence-electron chi connectivity index (χ2n) is 9.09. The number of amides is 1. The lowest BCUT2D eigenvalue weighted by Crippen LogP contribution is -2.49. The molecular formula is C23H30ClFN4O4. The van der Waals surface area contributed by atoms with Crippen LogP contribution in [0.1, 0.15) is 49.5 Å². The molecule has 4 rings (SSSR count). The van der Waals surface area contributed by atoms with E-state index in [1.54, 1.807) is 13.0 Å². The molecule has 2 unspecified atom stereocenters. The van der Waals surface area contributed by atoms with Crippen LogP contribution in [0.25, 0.3) is 11.3 Å². The average molecular weight is 481 g/mol. The van der Waals surface area contributed by atoms with Gasteiger partial charge in [-0.2, -0.15) is 0 Å². The number of carbonyl (C=O) groups excluding carboxylic acids is 1. The number of nitrogens with zero attached hydrogens (tertiary/aromatic N) is 3. The smallest absolute Gasteiger partial charge is 0.257 e. The van der Waals surface area contributed by atoms with E-state index in [2.05, 4.69) is 9.97 Å². The maximum Gasteiger partial charge on any atom is 0.257 e. The van der Waals surface area contributed by atoms with Gasteiger partial charge in [0.05, 0.1) is 41.3 Å². The van der Waals surface area contributed by atoms with Crippen molar-refractivity contribution in [3.63, 3.8) is 0 Å². The minimum absolute atomic E-state index is 0.0174. The maximum atomic E-state index is 14.9. The number of rotatable bonds is 3. The summed E-state index contributed by atoms with van der Waals surface area (Å²) in [4.78, 5) is 22.1. The van der Waals surface area contributed by atoms with Crippen LogP contribution >= 0.6 is 11.6 Å². The summed E-state index contributed by atoms with van der Waals surface area (Å²) in [6.45, 7) is 7.33. The van der Waals surface area contributed by atoms with Gasteiger partial charge in [-0.1, -0.05) is 25.4 Å². The highest BCUT2D eigenvalue weighted by atomic mass is 35.5. The lowest BCUT2D eigenvalue weighted by molar-refractivity contribution is -0.00535. The fourth-order valence-electron chi connectivity index (χ4n) is 4.06. The number of hydrogen-bond acceptors (Lipinski definition) is 7. The fourth-order valence-corrected chi connectivity index (χ4v) is 4.26. The van der Waals surface area contributed by atoms with Gasteiger partial charge in [0.25, 0.3) is 5.91 Å². The molecule has 180 valence electrons. The van der Waals surface area contributed by atoms with Crippen LogP contribution in [0, 0.1) is 5.82 Å². The minimum Gasteiger partial charge on any atom is -0.392 e. The van der Waals surface area contributed by atoms with Crippen molar-refractivity contribution in [3.05, 3.63) is 40.3 Å². The largest absolute Gasteiger partial charge is 0.392 e. The van der Waals surface area contributed by atoms with Crippen molar-refractivity contribution in [1.82, 2.24) is 14.9 Å². The molecule has 1 saturated heterocycles. The Morgan fingerprint density at radius 2 is 2.15 bits per heavy atom. The number of anilines is 1. The van der Waals surface area contributed by atoms with E-state index < -0.39 is 23.2 Å². The number of carbonyl (C=O) groups is 1. The predicted octanol–water partition coefficient (Wildman–Crippen LogP) is 2.79. The summed E-state index contributed by atoms with van der Waals surface area (Å²) >= 11 is 6.14. The zero-order valence-electron chi connectivity index (χ0n) is 19.0. The molecule has 2 aromatic rings. The van der Waals surface area contributed by atoms with E-state index in [0.717, 1.165) is 19.4 Å². The zero-order chi connectivity index (χ0) is 24.3. The van der Waals surface area contributed by atoms with Gasteiger partial charge in [0.2, 0.25) is 5.95 Å². The third-order valence-electron chi connectivity index (χ3n) is 5.56. The Kier molecular flexibility index (Phi) is 7.89. The molecule has 1 amide bonds. The molecule has 33 heavy (non-hydrogen) atoms. The third-order valence-corrected chi connectivity index (χ3v) is 5.84. The molecule has 1 fully saturated rings. The van der Waals surface area contributed by atoms with Crippen LogP contribution in [0.4, 0.5) is 10.3 Å². The molecule has 2 aliphatic rings. The van der Waals surface area contributed by atoms with Crippen molar-refractivity contribution in [1.29, 1.82) is 0 Å². The molecule has 2 aliphatic heterocycles. The van der Waals surface area contributed by atoms with E-state index in [0.29, 0.717) is 30.0 Å². The van der Waals surface area contributed by atoms with Crippen LogP contribution < -0.4 is 5.73 Å². The zero-order valence-corrected chi connectivity index (χ0v) is 19.8. The van der Waals surface area contributed by atoms with E-state index in [9.17, 15) is 14.3 Å². The fraction of sp³-hybridized carbons (Fsp3) is 0.522. The number of nitrogens with two attached hydrogens (primary N) is 1. The number of aromatic nitrogens is 2. The first-order chi connectivity index (χ1) is 15.5. The van der Waals surface area contributed by atoms with Gasteiger partial charge in [-0.05, 0) is 37.5 Å². The Morgan fingerprint density at radius 1 is 1.42 bits per heavy atom. The minimum atomic E-state index is -0.693. The van der Waals surface area contributed by atoms with Gasteiger partial charge in [-0.15, -0.1) is 0 Å². The molecule has 1 aromatic heterocycles. The summed E-state index contributed by atoms with van der Waals surface area (Å²) in [5.41, 5.74) is 6.45. The summed E-state index contributed by atoms with van der Waals surface area (Å²) < 4.78 is 19.9. The Hall–Kier alpha value is -2.33. The number of benzene rings is 1. The lowest BCUT2D eigenvalue weighted by Gasteiger charge is -2.40. The first-order valence-electron chi connectivity index (χ1n) is 10.8. The Morgan fingerprint density at radius 3 is 2.73 bits per heavy atom. The number of nitrogen functional groups attached to an aromatic ring is 1. The van der Waals surface area contributed by atoms with Gasteiger partial charge in [-0.3, -0.25) is 4.79 Å². The highest BCUT2D eigenvalue weighted by Gasteiger charge is 2.39. The predicted molar refractivity (Wildman–Crippen MR) is 124 cm³/mol. The SMILES string of the molecule is CC(O)CN1CC(C)(C)c2cc(-c3nc(N)ncc3Cl)cc(F)c2C1=O.OC1CCCOC1. The molecular weight excluding hydrogens is 451 g/mol. The quantitative estimate of drug-likeness (QED) is 0.617. The molecule has 3 heterocycles. The van der Waals surface area contributed by atoms with Gasteiger partial charge in [-0.25, -0.2) is 14.4 Å². The summed E-state index contributed by atoms with van der Waals surface area (Å²) in [6, 6.07) is 2.95. The molecule has 0 aliphatic carbocycles. The topological polar surface area (TPSA) is 122 Å². The van der Waals surface area contributed by atoms with Gasteiger partial charge in [0, 0.05) is 30.7 Å². The molecule has 0 saturated carbocycles. The molecule has 4 N–H and O–H groups in total. The highest BCUT2D eigenvalue weighted by Crippen LogP contribution is 2.38. The summed E-state index contributed by atoms with van der Waals surface area (Å²) in [6.07, 6.45) is 2.41.